The lowest BCUT2D eigenvalue weighted by atomic mass is 10.2. The van der Waals surface area contributed by atoms with E-state index in [0.29, 0.717) is 19.0 Å². The Labute approximate surface area is 167 Å². The summed E-state index contributed by atoms with van der Waals surface area (Å²) in [4.78, 5) is 17.4. The number of nitrogens with one attached hydrogen (secondary N) is 2. The number of hydrogen-bond acceptors (Lipinski definition) is 6. The van der Waals surface area contributed by atoms with Crippen LogP contribution in [0, 0.1) is 12.3 Å². The van der Waals surface area contributed by atoms with Gasteiger partial charge in [-0.1, -0.05) is 24.1 Å². The maximum absolute atomic E-state index is 5.53. The molecule has 28 heavy (non-hydrogen) atoms. The van der Waals surface area contributed by atoms with Gasteiger partial charge in [-0.25, -0.2) is 15.0 Å². The number of benzene rings is 1. The predicted molar refractivity (Wildman–Crippen MR) is 112 cm³/mol. The van der Waals surface area contributed by atoms with Gasteiger partial charge >= 0.3 is 0 Å². The van der Waals surface area contributed by atoms with E-state index in [1.54, 1.807) is 30.1 Å². The number of hydrogen-bond donors (Lipinski definition) is 2. The van der Waals surface area contributed by atoms with E-state index in [9.17, 15) is 0 Å². The summed E-state index contributed by atoms with van der Waals surface area (Å²) in [6.07, 6.45) is 11.2. The molecule has 7 heteroatoms. The van der Waals surface area contributed by atoms with Crippen molar-refractivity contribution in [2.24, 2.45) is 0 Å². The number of aromatic amines is 1. The quantitative estimate of drug-likeness (QED) is 0.355. The molecule has 4 aromatic rings. The van der Waals surface area contributed by atoms with Gasteiger partial charge in [-0.15, -0.1) is 17.8 Å². The summed E-state index contributed by atoms with van der Waals surface area (Å²) in [7, 11) is 0. The summed E-state index contributed by atoms with van der Waals surface area (Å²) in [5.74, 6) is 3.05. The number of nitrogens with zero attached hydrogens (tertiary/aromatic N) is 3. The first-order chi connectivity index (χ1) is 13.8. The van der Waals surface area contributed by atoms with Gasteiger partial charge in [0, 0.05) is 29.2 Å². The number of fused-ring (bicyclic) bond motifs is 1. The Bertz CT molecular complexity index is 1050. The largest absolute Gasteiger partial charge is 0.367 e. The Balaban J connectivity index is 1.53. The second-order valence-electron chi connectivity index (χ2n) is 6.26. The van der Waals surface area contributed by atoms with Crippen molar-refractivity contribution in [1.82, 2.24) is 19.9 Å². The molecule has 2 N–H and O–H groups in total. The standard InChI is InChI=1S/C21H19N5OS/c1-2-9-27-13-17(11-16-12-22-14-24-16)25-21-23-8-7-18(26-21)20-10-15-5-3-4-6-19(15)28-20/h1,3-8,10,12,14,17H,9,11,13H2,(H,22,24)(H,23,25,26). The highest BCUT2D eigenvalue weighted by Crippen LogP contribution is 2.32. The number of imidazole rings is 1. The first-order valence-electron chi connectivity index (χ1n) is 8.89. The van der Waals surface area contributed by atoms with Gasteiger partial charge in [-0.2, -0.15) is 0 Å². The average Bonchev–Trinajstić information content (AvgIpc) is 3.38. The zero-order valence-corrected chi connectivity index (χ0v) is 15.9. The molecule has 3 aromatic heterocycles. The molecule has 0 saturated heterocycles. The number of ether oxygens (including phenoxy) is 1. The second kappa shape index (κ2) is 8.65. The SMILES string of the molecule is C#CCOCC(Cc1cnc[nH]1)Nc1nccc(-c2cc3ccccc3s2)n1. The maximum Gasteiger partial charge on any atom is 0.223 e. The van der Waals surface area contributed by atoms with Crippen LogP contribution in [-0.2, 0) is 11.2 Å². The molecule has 140 valence electrons. The van der Waals surface area contributed by atoms with Crippen LogP contribution in [0.3, 0.4) is 0 Å². The highest BCUT2D eigenvalue weighted by molar-refractivity contribution is 7.22. The molecule has 1 aromatic carbocycles. The van der Waals surface area contributed by atoms with Crippen LogP contribution < -0.4 is 5.32 Å². The van der Waals surface area contributed by atoms with Crippen molar-refractivity contribution in [2.45, 2.75) is 12.5 Å². The highest BCUT2D eigenvalue weighted by atomic mass is 32.1. The third-order valence-corrected chi connectivity index (χ3v) is 5.33. The Hall–Kier alpha value is -3.21. The van der Waals surface area contributed by atoms with Crippen molar-refractivity contribution in [3.8, 4) is 22.9 Å². The van der Waals surface area contributed by atoms with Crippen molar-refractivity contribution < 1.29 is 4.74 Å². The van der Waals surface area contributed by atoms with E-state index in [0.717, 1.165) is 16.3 Å². The smallest absolute Gasteiger partial charge is 0.223 e. The molecule has 0 radical (unpaired) electrons. The third-order valence-electron chi connectivity index (χ3n) is 4.19. The number of aromatic nitrogens is 4. The Morgan fingerprint density at radius 2 is 2.21 bits per heavy atom. The van der Waals surface area contributed by atoms with Gasteiger partial charge in [0.25, 0.3) is 0 Å². The van der Waals surface area contributed by atoms with E-state index in [-0.39, 0.29) is 12.6 Å². The minimum atomic E-state index is -0.0357. The monoisotopic (exact) mass is 389 g/mol. The molecule has 1 atom stereocenters. The van der Waals surface area contributed by atoms with E-state index < -0.39 is 0 Å². The molecular weight excluding hydrogens is 370 g/mol. The topological polar surface area (TPSA) is 75.7 Å². The molecule has 1 unspecified atom stereocenters. The average molecular weight is 389 g/mol. The summed E-state index contributed by atoms with van der Waals surface area (Å²) in [6, 6.07) is 12.4. The Kier molecular flexibility index (Phi) is 5.61. The lowest BCUT2D eigenvalue weighted by Crippen LogP contribution is -2.29. The molecule has 4 rings (SSSR count). The van der Waals surface area contributed by atoms with E-state index in [2.05, 4.69) is 44.4 Å². The molecule has 0 aliphatic heterocycles. The molecule has 0 amide bonds. The van der Waals surface area contributed by atoms with Crippen LogP contribution in [0.2, 0.25) is 0 Å². The number of rotatable bonds is 8. The van der Waals surface area contributed by atoms with Gasteiger partial charge in [0.15, 0.2) is 0 Å². The van der Waals surface area contributed by atoms with E-state index in [4.69, 9.17) is 16.1 Å². The summed E-state index contributed by atoms with van der Waals surface area (Å²) in [5, 5.41) is 4.58. The van der Waals surface area contributed by atoms with Gasteiger partial charge in [-0.05, 0) is 23.6 Å². The van der Waals surface area contributed by atoms with Gasteiger partial charge in [0.2, 0.25) is 5.95 Å². The molecule has 6 nitrogen and oxygen atoms in total. The lowest BCUT2D eigenvalue weighted by molar-refractivity contribution is 0.155. The van der Waals surface area contributed by atoms with Gasteiger partial charge in [-0.3, -0.25) is 0 Å². The summed E-state index contributed by atoms with van der Waals surface area (Å²) in [6.45, 7) is 0.712. The second-order valence-corrected chi connectivity index (χ2v) is 7.34. The zero-order valence-electron chi connectivity index (χ0n) is 15.1. The molecule has 0 spiro atoms. The van der Waals surface area contributed by atoms with Crippen molar-refractivity contribution in [3.05, 3.63) is 60.8 Å². The zero-order chi connectivity index (χ0) is 19.2. The van der Waals surface area contributed by atoms with Crippen LogP contribution in [0.15, 0.2) is 55.1 Å². The Morgan fingerprint density at radius 1 is 1.29 bits per heavy atom. The molecule has 3 heterocycles. The van der Waals surface area contributed by atoms with Gasteiger partial charge < -0.3 is 15.0 Å². The summed E-state index contributed by atoms with van der Waals surface area (Å²) in [5.41, 5.74) is 1.89. The van der Waals surface area contributed by atoms with Crippen molar-refractivity contribution in [1.29, 1.82) is 0 Å². The Morgan fingerprint density at radius 3 is 3.04 bits per heavy atom. The van der Waals surface area contributed by atoms with E-state index in [1.165, 1.54) is 10.1 Å². The molecule has 0 aliphatic carbocycles. The fourth-order valence-corrected chi connectivity index (χ4v) is 3.96. The minimum Gasteiger partial charge on any atom is -0.367 e. The van der Waals surface area contributed by atoms with Crippen molar-refractivity contribution in [3.63, 3.8) is 0 Å². The van der Waals surface area contributed by atoms with Crippen molar-refractivity contribution >= 4 is 27.4 Å². The van der Waals surface area contributed by atoms with Crippen LogP contribution in [0.1, 0.15) is 5.69 Å². The van der Waals surface area contributed by atoms with Crippen LogP contribution >= 0.6 is 11.3 Å². The highest BCUT2D eigenvalue weighted by Gasteiger charge is 2.14. The first kappa shape index (κ1) is 18.2. The maximum atomic E-state index is 5.53. The lowest BCUT2D eigenvalue weighted by Gasteiger charge is -2.18. The van der Waals surface area contributed by atoms with Gasteiger partial charge in [0.1, 0.15) is 6.61 Å². The van der Waals surface area contributed by atoms with E-state index in [1.807, 2.05) is 18.2 Å². The predicted octanol–water partition coefficient (Wildman–Crippen LogP) is 3.75. The molecule has 0 saturated carbocycles. The fraction of sp³-hybridized carbons (Fsp3) is 0.190. The van der Waals surface area contributed by atoms with Crippen LogP contribution in [0.4, 0.5) is 5.95 Å². The van der Waals surface area contributed by atoms with Crippen LogP contribution in [-0.4, -0.2) is 39.2 Å². The van der Waals surface area contributed by atoms with Crippen LogP contribution in [0.25, 0.3) is 20.7 Å². The number of H-pyrrole nitrogens is 1. The molecule has 0 aliphatic rings. The molecule has 0 fully saturated rings. The number of terminal acetylenes is 1. The number of anilines is 1. The normalized spacial score (nSPS) is 12.0. The fourth-order valence-electron chi connectivity index (χ4n) is 2.93. The first-order valence-corrected chi connectivity index (χ1v) is 9.70. The van der Waals surface area contributed by atoms with Crippen molar-refractivity contribution in [2.75, 3.05) is 18.5 Å². The summed E-state index contributed by atoms with van der Waals surface area (Å²) < 4.78 is 6.78. The minimum absolute atomic E-state index is 0.0357. The third kappa shape index (κ3) is 4.36. The van der Waals surface area contributed by atoms with E-state index >= 15 is 0 Å². The summed E-state index contributed by atoms with van der Waals surface area (Å²) >= 11 is 1.72. The molecule has 0 bridgehead atoms. The number of thiophene rings is 1. The van der Waals surface area contributed by atoms with Crippen LogP contribution in [0.5, 0.6) is 0 Å². The van der Waals surface area contributed by atoms with Gasteiger partial charge in [0.05, 0.1) is 29.5 Å². The molecular formula is C21H19N5OS.